The molecule has 98 valence electrons. The van der Waals surface area contributed by atoms with Gasteiger partial charge in [-0.25, -0.2) is 0 Å². The van der Waals surface area contributed by atoms with E-state index in [2.05, 4.69) is 0 Å². The number of alkyl halides is 1. The van der Waals surface area contributed by atoms with Crippen molar-refractivity contribution >= 4 is 11.6 Å². The van der Waals surface area contributed by atoms with Crippen LogP contribution >= 0.6 is 11.6 Å². The molecule has 3 aliphatic rings. The first-order valence-corrected chi connectivity index (χ1v) is 7.59. The molecule has 3 heteroatoms. The minimum atomic E-state index is 0.0526. The molecule has 0 aromatic rings. The summed E-state index contributed by atoms with van der Waals surface area (Å²) in [7, 11) is 0. The van der Waals surface area contributed by atoms with Crippen LogP contribution in [-0.4, -0.2) is 30.8 Å². The Balaban J connectivity index is 1.66. The van der Waals surface area contributed by atoms with E-state index < -0.39 is 0 Å². The van der Waals surface area contributed by atoms with Crippen LogP contribution in [-0.2, 0) is 9.47 Å². The molecular weight excluding hydrogens is 236 g/mol. The Kier molecular flexibility index (Phi) is 3.65. The summed E-state index contributed by atoms with van der Waals surface area (Å²) in [4.78, 5) is 0. The van der Waals surface area contributed by atoms with Crippen LogP contribution in [0.5, 0.6) is 0 Å². The van der Waals surface area contributed by atoms with Crippen LogP contribution in [0.25, 0.3) is 0 Å². The van der Waals surface area contributed by atoms with Crippen LogP contribution in [0, 0.1) is 11.8 Å². The summed E-state index contributed by atoms with van der Waals surface area (Å²) in [6.07, 6.45) is 8.71. The molecule has 1 spiro atoms. The van der Waals surface area contributed by atoms with Gasteiger partial charge in [0, 0.05) is 25.0 Å². The predicted molar refractivity (Wildman–Crippen MR) is 68.4 cm³/mol. The van der Waals surface area contributed by atoms with Gasteiger partial charge in [-0.05, 0) is 37.5 Å². The molecule has 0 aromatic heterocycles. The summed E-state index contributed by atoms with van der Waals surface area (Å²) >= 11 is 6.54. The standard InChI is InChI=1S/C14H23ClO2/c15-13-4-2-1-3-12(13)11-5-7-17-14(9-11)6-8-16-10-14/h11-13H,1-10H2. The fourth-order valence-corrected chi connectivity index (χ4v) is 4.43. The van der Waals surface area contributed by atoms with E-state index in [-0.39, 0.29) is 5.60 Å². The zero-order valence-electron chi connectivity index (χ0n) is 10.5. The molecule has 4 atom stereocenters. The minimum Gasteiger partial charge on any atom is -0.378 e. The summed E-state index contributed by atoms with van der Waals surface area (Å²) in [6, 6.07) is 0. The van der Waals surface area contributed by atoms with Crippen LogP contribution in [0.15, 0.2) is 0 Å². The zero-order valence-corrected chi connectivity index (χ0v) is 11.3. The summed E-state index contributed by atoms with van der Waals surface area (Å²) in [6.45, 7) is 2.60. The minimum absolute atomic E-state index is 0.0526. The fraction of sp³-hybridized carbons (Fsp3) is 1.00. The molecule has 1 saturated carbocycles. The van der Waals surface area contributed by atoms with Gasteiger partial charge in [0.2, 0.25) is 0 Å². The molecule has 17 heavy (non-hydrogen) atoms. The molecule has 3 fully saturated rings. The lowest BCUT2D eigenvalue weighted by atomic mass is 9.72. The van der Waals surface area contributed by atoms with E-state index in [1.807, 2.05) is 0 Å². The predicted octanol–water partition coefficient (Wildman–Crippen LogP) is 3.37. The zero-order chi connectivity index (χ0) is 11.7. The van der Waals surface area contributed by atoms with Crippen molar-refractivity contribution in [3.05, 3.63) is 0 Å². The SMILES string of the molecule is ClC1CCCCC1C1CCOC2(CCOC2)C1. The highest BCUT2D eigenvalue weighted by molar-refractivity contribution is 6.20. The van der Waals surface area contributed by atoms with Crippen molar-refractivity contribution in [2.45, 2.75) is 55.9 Å². The Hall–Kier alpha value is 0.210. The molecule has 0 bridgehead atoms. The van der Waals surface area contributed by atoms with Crippen molar-refractivity contribution in [1.82, 2.24) is 0 Å². The number of halogens is 1. The summed E-state index contributed by atoms with van der Waals surface area (Å²) < 4.78 is 11.6. The molecule has 1 aliphatic carbocycles. The normalized spacial score (nSPS) is 47.5. The molecule has 0 aromatic carbocycles. The van der Waals surface area contributed by atoms with Crippen LogP contribution in [0.3, 0.4) is 0 Å². The molecule has 4 unspecified atom stereocenters. The van der Waals surface area contributed by atoms with E-state index in [0.717, 1.165) is 38.1 Å². The Morgan fingerprint density at radius 2 is 1.94 bits per heavy atom. The first-order valence-electron chi connectivity index (χ1n) is 7.15. The number of ether oxygens (including phenoxy) is 2. The van der Waals surface area contributed by atoms with Gasteiger partial charge in [0.25, 0.3) is 0 Å². The van der Waals surface area contributed by atoms with Crippen LogP contribution in [0.1, 0.15) is 44.9 Å². The largest absolute Gasteiger partial charge is 0.378 e. The number of hydrogen-bond acceptors (Lipinski definition) is 2. The van der Waals surface area contributed by atoms with Crippen molar-refractivity contribution in [3.8, 4) is 0 Å². The fourth-order valence-electron chi connectivity index (χ4n) is 3.94. The van der Waals surface area contributed by atoms with E-state index in [4.69, 9.17) is 21.1 Å². The Labute approximate surface area is 109 Å². The van der Waals surface area contributed by atoms with Crippen molar-refractivity contribution in [2.24, 2.45) is 11.8 Å². The highest BCUT2D eigenvalue weighted by Gasteiger charge is 2.44. The first kappa shape index (κ1) is 12.3. The lowest BCUT2D eigenvalue weighted by Gasteiger charge is -2.43. The highest BCUT2D eigenvalue weighted by Crippen LogP contribution is 2.44. The van der Waals surface area contributed by atoms with Gasteiger partial charge in [-0.1, -0.05) is 12.8 Å². The third-order valence-electron chi connectivity index (χ3n) is 4.94. The summed E-state index contributed by atoms with van der Waals surface area (Å²) in [5, 5.41) is 0.409. The van der Waals surface area contributed by atoms with Gasteiger partial charge in [-0.15, -0.1) is 11.6 Å². The van der Waals surface area contributed by atoms with Crippen LogP contribution in [0.2, 0.25) is 0 Å². The Bertz CT molecular complexity index is 263. The Morgan fingerprint density at radius 3 is 2.71 bits per heavy atom. The van der Waals surface area contributed by atoms with Crippen molar-refractivity contribution < 1.29 is 9.47 Å². The number of rotatable bonds is 1. The van der Waals surface area contributed by atoms with E-state index in [1.54, 1.807) is 0 Å². The van der Waals surface area contributed by atoms with Crippen molar-refractivity contribution in [3.63, 3.8) is 0 Å². The third kappa shape index (κ3) is 2.50. The lowest BCUT2D eigenvalue weighted by molar-refractivity contribution is -0.108. The highest BCUT2D eigenvalue weighted by atomic mass is 35.5. The second-order valence-corrected chi connectivity index (χ2v) is 6.61. The maximum Gasteiger partial charge on any atom is 0.0939 e. The molecule has 0 amide bonds. The van der Waals surface area contributed by atoms with Crippen molar-refractivity contribution in [1.29, 1.82) is 0 Å². The second kappa shape index (κ2) is 5.07. The summed E-state index contributed by atoms with van der Waals surface area (Å²) in [5.74, 6) is 1.50. The molecule has 3 rings (SSSR count). The molecule has 2 saturated heterocycles. The Morgan fingerprint density at radius 1 is 1.06 bits per heavy atom. The van der Waals surface area contributed by atoms with Crippen LogP contribution in [0.4, 0.5) is 0 Å². The monoisotopic (exact) mass is 258 g/mol. The molecular formula is C14H23ClO2. The summed E-state index contributed by atoms with van der Waals surface area (Å²) in [5.41, 5.74) is 0.0526. The quantitative estimate of drug-likeness (QED) is 0.672. The van der Waals surface area contributed by atoms with E-state index in [1.165, 1.54) is 38.5 Å². The molecule has 2 nitrogen and oxygen atoms in total. The number of hydrogen-bond donors (Lipinski definition) is 0. The first-order chi connectivity index (χ1) is 8.29. The van der Waals surface area contributed by atoms with Gasteiger partial charge in [-0.3, -0.25) is 0 Å². The third-order valence-corrected chi connectivity index (χ3v) is 5.48. The lowest BCUT2D eigenvalue weighted by Crippen LogP contribution is -2.44. The van der Waals surface area contributed by atoms with Gasteiger partial charge in [0.1, 0.15) is 0 Å². The molecule has 0 radical (unpaired) electrons. The maximum atomic E-state index is 6.54. The van der Waals surface area contributed by atoms with Crippen molar-refractivity contribution in [2.75, 3.05) is 19.8 Å². The van der Waals surface area contributed by atoms with Gasteiger partial charge >= 0.3 is 0 Å². The average molecular weight is 259 g/mol. The van der Waals surface area contributed by atoms with Gasteiger partial charge < -0.3 is 9.47 Å². The van der Waals surface area contributed by atoms with Gasteiger partial charge in [0.05, 0.1) is 12.2 Å². The maximum absolute atomic E-state index is 6.54. The van der Waals surface area contributed by atoms with E-state index >= 15 is 0 Å². The molecule has 0 N–H and O–H groups in total. The van der Waals surface area contributed by atoms with Gasteiger partial charge in [0.15, 0.2) is 0 Å². The van der Waals surface area contributed by atoms with Crippen LogP contribution < -0.4 is 0 Å². The molecule has 2 aliphatic heterocycles. The molecule has 2 heterocycles. The smallest absolute Gasteiger partial charge is 0.0939 e. The topological polar surface area (TPSA) is 18.5 Å². The van der Waals surface area contributed by atoms with Gasteiger partial charge in [-0.2, -0.15) is 0 Å². The van der Waals surface area contributed by atoms with E-state index in [9.17, 15) is 0 Å². The average Bonchev–Trinajstić information content (AvgIpc) is 2.78. The van der Waals surface area contributed by atoms with E-state index in [0.29, 0.717) is 5.38 Å². The second-order valence-electron chi connectivity index (χ2n) is 6.05.